The number of hydrogen-bond acceptors (Lipinski definition) is 2. The second-order valence-corrected chi connectivity index (χ2v) is 4.57. The summed E-state index contributed by atoms with van der Waals surface area (Å²) in [5.74, 6) is 1.63. The number of hydrogen-bond donors (Lipinski definition) is 0. The van der Waals surface area contributed by atoms with Gasteiger partial charge in [-0.1, -0.05) is 0 Å². The van der Waals surface area contributed by atoms with Crippen LogP contribution in [-0.4, -0.2) is 11.6 Å². The van der Waals surface area contributed by atoms with E-state index in [4.69, 9.17) is 0 Å². The maximum absolute atomic E-state index is 11.1. The van der Waals surface area contributed by atoms with E-state index in [1.165, 1.54) is 0 Å². The molecule has 1 aliphatic rings. The highest BCUT2D eigenvalue weighted by Crippen LogP contribution is 2.31. The second kappa shape index (κ2) is 5.28. The molecule has 0 spiro atoms. The molecule has 0 unspecified atom stereocenters. The van der Waals surface area contributed by atoms with Gasteiger partial charge in [-0.25, -0.2) is 0 Å². The molecule has 2 heteroatoms. The minimum atomic E-state index is 0.290. The molecule has 0 bridgehead atoms. The molecule has 1 saturated carbocycles. The zero-order valence-electron chi connectivity index (χ0n) is 9.21. The minimum absolute atomic E-state index is 0.290. The lowest BCUT2D eigenvalue weighted by Crippen LogP contribution is -2.20. The average Bonchev–Trinajstić information content (AvgIpc) is 2.15. The summed E-state index contributed by atoms with van der Waals surface area (Å²) in [5, 5.41) is 0. The lowest BCUT2D eigenvalue weighted by molar-refractivity contribution is -0.122. The summed E-state index contributed by atoms with van der Waals surface area (Å²) in [6.45, 7) is 3.35. The Labute approximate surface area is 86.1 Å². The molecule has 1 aliphatic carbocycles. The van der Waals surface area contributed by atoms with Crippen molar-refractivity contribution in [2.24, 2.45) is 11.8 Å². The van der Waals surface area contributed by atoms with E-state index in [1.807, 2.05) is 0 Å². The van der Waals surface area contributed by atoms with E-state index in [1.54, 1.807) is 13.8 Å². The van der Waals surface area contributed by atoms with Crippen molar-refractivity contribution in [2.75, 3.05) is 0 Å². The third kappa shape index (κ3) is 3.60. The first-order valence-electron chi connectivity index (χ1n) is 5.59. The van der Waals surface area contributed by atoms with Gasteiger partial charge in [-0.3, -0.25) is 4.79 Å². The largest absolute Gasteiger partial charge is 0.300 e. The number of carbonyl (C=O) groups excluding carboxylic acids is 2. The van der Waals surface area contributed by atoms with Crippen molar-refractivity contribution in [3.63, 3.8) is 0 Å². The van der Waals surface area contributed by atoms with Crippen LogP contribution in [0.3, 0.4) is 0 Å². The van der Waals surface area contributed by atoms with Crippen LogP contribution >= 0.6 is 0 Å². The number of ketones is 2. The zero-order valence-corrected chi connectivity index (χ0v) is 9.21. The van der Waals surface area contributed by atoms with Crippen LogP contribution in [0.1, 0.15) is 52.4 Å². The van der Waals surface area contributed by atoms with Crippen LogP contribution in [0, 0.1) is 11.8 Å². The van der Waals surface area contributed by atoms with Gasteiger partial charge in [-0.15, -0.1) is 0 Å². The van der Waals surface area contributed by atoms with Crippen LogP contribution in [0.4, 0.5) is 0 Å². The van der Waals surface area contributed by atoms with Gasteiger partial charge in [0.25, 0.3) is 0 Å². The van der Waals surface area contributed by atoms with Gasteiger partial charge in [0.2, 0.25) is 0 Å². The molecule has 1 rings (SSSR count). The molecule has 14 heavy (non-hydrogen) atoms. The molecule has 0 radical (unpaired) electrons. The summed E-state index contributed by atoms with van der Waals surface area (Å²) in [6, 6.07) is 0. The molecule has 0 aliphatic heterocycles. The molecule has 80 valence electrons. The average molecular weight is 196 g/mol. The van der Waals surface area contributed by atoms with Crippen LogP contribution < -0.4 is 0 Å². The van der Waals surface area contributed by atoms with Crippen molar-refractivity contribution >= 4 is 11.6 Å². The zero-order chi connectivity index (χ0) is 10.6. The van der Waals surface area contributed by atoms with E-state index in [-0.39, 0.29) is 0 Å². The fourth-order valence-corrected chi connectivity index (χ4v) is 2.27. The summed E-state index contributed by atoms with van der Waals surface area (Å²) in [6.07, 6.45) is 6.10. The van der Waals surface area contributed by atoms with Crippen molar-refractivity contribution in [3.8, 4) is 0 Å². The van der Waals surface area contributed by atoms with Crippen molar-refractivity contribution in [2.45, 2.75) is 52.4 Å². The fourth-order valence-electron chi connectivity index (χ4n) is 2.27. The van der Waals surface area contributed by atoms with E-state index >= 15 is 0 Å². The SMILES string of the molecule is CC(=O)CCC1CCC(C(C)=O)CC1. The monoisotopic (exact) mass is 196 g/mol. The second-order valence-electron chi connectivity index (χ2n) is 4.57. The van der Waals surface area contributed by atoms with Crippen molar-refractivity contribution in [1.82, 2.24) is 0 Å². The summed E-state index contributed by atoms with van der Waals surface area (Å²) < 4.78 is 0. The Morgan fingerprint density at radius 1 is 1.07 bits per heavy atom. The molecule has 0 heterocycles. The predicted octanol–water partition coefficient (Wildman–Crippen LogP) is 2.75. The summed E-state index contributed by atoms with van der Waals surface area (Å²) in [4.78, 5) is 21.9. The predicted molar refractivity (Wildman–Crippen MR) is 56.0 cm³/mol. The molecule has 0 N–H and O–H groups in total. The summed E-state index contributed by atoms with van der Waals surface area (Å²) >= 11 is 0. The third-order valence-electron chi connectivity index (χ3n) is 3.33. The van der Waals surface area contributed by atoms with Gasteiger partial charge in [-0.2, -0.15) is 0 Å². The lowest BCUT2D eigenvalue weighted by atomic mass is 9.78. The molecule has 0 amide bonds. The minimum Gasteiger partial charge on any atom is -0.300 e. The van der Waals surface area contributed by atoms with E-state index in [2.05, 4.69) is 0 Å². The highest BCUT2D eigenvalue weighted by Gasteiger charge is 2.23. The van der Waals surface area contributed by atoms with E-state index in [9.17, 15) is 9.59 Å². The summed E-state index contributed by atoms with van der Waals surface area (Å²) in [5.41, 5.74) is 0. The van der Waals surface area contributed by atoms with E-state index in [0.717, 1.165) is 38.5 Å². The van der Waals surface area contributed by atoms with Crippen LogP contribution in [0.2, 0.25) is 0 Å². The molecule has 1 fully saturated rings. The van der Waals surface area contributed by atoms with Gasteiger partial charge in [0.05, 0.1) is 0 Å². The lowest BCUT2D eigenvalue weighted by Gasteiger charge is -2.26. The first-order chi connectivity index (χ1) is 6.59. The molecule has 0 aromatic rings. The van der Waals surface area contributed by atoms with Gasteiger partial charge in [-0.05, 0) is 51.9 Å². The molecule has 0 aromatic heterocycles. The Morgan fingerprint density at radius 2 is 1.64 bits per heavy atom. The molecular weight excluding hydrogens is 176 g/mol. The van der Waals surface area contributed by atoms with Crippen molar-refractivity contribution in [3.05, 3.63) is 0 Å². The third-order valence-corrected chi connectivity index (χ3v) is 3.33. The first kappa shape index (κ1) is 11.4. The molecule has 0 aromatic carbocycles. The smallest absolute Gasteiger partial charge is 0.132 e. The fraction of sp³-hybridized carbons (Fsp3) is 0.833. The maximum Gasteiger partial charge on any atom is 0.132 e. The molecule has 0 saturated heterocycles. The topological polar surface area (TPSA) is 34.1 Å². The van der Waals surface area contributed by atoms with Crippen LogP contribution in [0.5, 0.6) is 0 Å². The Morgan fingerprint density at radius 3 is 2.07 bits per heavy atom. The Hall–Kier alpha value is -0.660. The van der Waals surface area contributed by atoms with Crippen LogP contribution in [-0.2, 0) is 9.59 Å². The molecular formula is C12H20O2. The first-order valence-corrected chi connectivity index (χ1v) is 5.59. The van der Waals surface area contributed by atoms with E-state index < -0.39 is 0 Å². The standard InChI is InChI=1S/C12H20O2/c1-9(13)3-4-11-5-7-12(8-6-11)10(2)14/h11-12H,3-8H2,1-2H3. The van der Waals surface area contributed by atoms with Gasteiger partial charge in [0, 0.05) is 12.3 Å². The van der Waals surface area contributed by atoms with Crippen LogP contribution in [0.15, 0.2) is 0 Å². The number of rotatable bonds is 4. The number of Topliss-reactive ketones (excluding diaryl/α,β-unsaturated/α-hetero) is 2. The quantitative estimate of drug-likeness (QED) is 0.692. The van der Waals surface area contributed by atoms with Gasteiger partial charge < -0.3 is 4.79 Å². The highest BCUT2D eigenvalue weighted by atomic mass is 16.1. The van der Waals surface area contributed by atoms with Gasteiger partial charge in [0.1, 0.15) is 11.6 Å². The highest BCUT2D eigenvalue weighted by molar-refractivity contribution is 5.78. The van der Waals surface area contributed by atoms with Crippen LogP contribution in [0.25, 0.3) is 0 Å². The Balaban J connectivity index is 2.22. The normalized spacial score (nSPS) is 27.3. The van der Waals surface area contributed by atoms with Crippen molar-refractivity contribution < 1.29 is 9.59 Å². The Bertz CT molecular complexity index is 212. The Kier molecular flexibility index (Phi) is 4.30. The van der Waals surface area contributed by atoms with Gasteiger partial charge in [0.15, 0.2) is 0 Å². The van der Waals surface area contributed by atoms with Crippen molar-refractivity contribution in [1.29, 1.82) is 0 Å². The van der Waals surface area contributed by atoms with E-state index in [0.29, 0.717) is 23.4 Å². The maximum atomic E-state index is 11.1. The van der Waals surface area contributed by atoms with Gasteiger partial charge >= 0.3 is 0 Å². The number of carbonyl (C=O) groups is 2. The summed E-state index contributed by atoms with van der Waals surface area (Å²) in [7, 11) is 0. The molecule has 0 atom stereocenters. The molecule has 2 nitrogen and oxygen atoms in total.